The Labute approximate surface area is 125 Å². The fourth-order valence-electron chi connectivity index (χ4n) is 1.84. The fourth-order valence-corrected chi connectivity index (χ4v) is 2.22. The molecular weight excluding hydrogens is 324 g/mol. The second-order valence-electron chi connectivity index (χ2n) is 4.22. The van der Waals surface area contributed by atoms with Crippen molar-refractivity contribution in [3.8, 4) is 5.75 Å². The average Bonchev–Trinajstić information content (AvgIpc) is 2.46. The lowest BCUT2D eigenvalue weighted by molar-refractivity contribution is -0.130. The van der Waals surface area contributed by atoms with E-state index in [0.29, 0.717) is 5.75 Å². The highest BCUT2D eigenvalue weighted by Crippen LogP contribution is 2.24. The number of hydrazine groups is 1. The molecule has 106 valence electrons. The van der Waals surface area contributed by atoms with Crippen LogP contribution in [-0.2, 0) is 9.53 Å². The zero-order valence-electron chi connectivity index (χ0n) is 10.9. The first kappa shape index (κ1) is 14.8. The number of rotatable bonds is 5. The fraction of sp³-hybridized carbons (Fsp3) is 0.214. The van der Waals surface area contributed by atoms with E-state index in [-0.39, 0.29) is 6.61 Å². The summed E-state index contributed by atoms with van der Waals surface area (Å²) in [5.41, 5.74) is 2.06. The highest BCUT2D eigenvalue weighted by atomic mass is 79.9. The molecular formula is C14H15BrN2O3. The van der Waals surface area contributed by atoms with E-state index in [2.05, 4.69) is 21.4 Å². The molecule has 1 unspecified atom stereocenters. The Morgan fingerprint density at radius 2 is 2.00 bits per heavy atom. The predicted octanol–water partition coefficient (Wildman–Crippen LogP) is 1.99. The minimum atomic E-state index is -0.780. The molecule has 0 saturated heterocycles. The molecule has 3 N–H and O–H groups in total. The van der Waals surface area contributed by atoms with E-state index >= 15 is 0 Å². The van der Waals surface area contributed by atoms with Gasteiger partial charge in [-0.05, 0) is 35.0 Å². The van der Waals surface area contributed by atoms with Gasteiger partial charge in [0.15, 0.2) is 0 Å². The van der Waals surface area contributed by atoms with Crippen molar-refractivity contribution in [3.63, 3.8) is 0 Å². The number of fused-ring (bicyclic) bond motifs is 1. The lowest BCUT2D eigenvalue weighted by Gasteiger charge is -2.17. The number of amides is 1. The number of ether oxygens (including phenoxy) is 2. The molecule has 2 aromatic carbocycles. The Morgan fingerprint density at radius 3 is 2.70 bits per heavy atom. The minimum Gasteiger partial charge on any atom is -0.478 e. The first-order chi connectivity index (χ1) is 9.63. The molecule has 0 saturated carbocycles. The molecule has 1 amide bonds. The van der Waals surface area contributed by atoms with Crippen LogP contribution in [0.1, 0.15) is 0 Å². The zero-order chi connectivity index (χ0) is 14.5. The van der Waals surface area contributed by atoms with Crippen molar-refractivity contribution in [1.29, 1.82) is 0 Å². The van der Waals surface area contributed by atoms with E-state index in [1.165, 1.54) is 7.11 Å². The van der Waals surface area contributed by atoms with Gasteiger partial charge in [0.1, 0.15) is 5.75 Å². The number of nitrogens with two attached hydrogens (primary N) is 1. The summed E-state index contributed by atoms with van der Waals surface area (Å²) < 4.78 is 11.6. The highest BCUT2D eigenvalue weighted by molar-refractivity contribution is 9.10. The molecule has 0 aromatic heterocycles. The molecule has 0 aliphatic rings. The number of carbonyl (C=O) groups excluding carboxylic acids is 1. The van der Waals surface area contributed by atoms with Crippen molar-refractivity contribution < 1.29 is 14.3 Å². The smallest absolute Gasteiger partial charge is 0.277 e. The van der Waals surface area contributed by atoms with Crippen molar-refractivity contribution in [2.45, 2.75) is 6.10 Å². The quantitative estimate of drug-likeness (QED) is 0.496. The summed E-state index contributed by atoms with van der Waals surface area (Å²) in [6.07, 6.45) is -0.780. The van der Waals surface area contributed by atoms with Crippen molar-refractivity contribution in [3.05, 3.63) is 40.9 Å². The minimum absolute atomic E-state index is 0.126. The molecule has 0 spiro atoms. The standard InChI is InChI=1S/C14H15BrN2O3/c1-19-8-13(14(18)17-16)20-12-5-3-9-6-11(15)4-2-10(9)7-12/h2-7,13H,8,16H2,1H3,(H,17,18). The Kier molecular flexibility index (Phi) is 4.94. The van der Waals surface area contributed by atoms with Crippen molar-refractivity contribution >= 4 is 32.6 Å². The van der Waals surface area contributed by atoms with Gasteiger partial charge in [0.25, 0.3) is 5.91 Å². The van der Waals surface area contributed by atoms with Gasteiger partial charge in [-0.15, -0.1) is 0 Å². The summed E-state index contributed by atoms with van der Waals surface area (Å²) >= 11 is 3.43. The van der Waals surface area contributed by atoms with E-state index in [1.54, 1.807) is 6.07 Å². The molecule has 0 fully saturated rings. The monoisotopic (exact) mass is 338 g/mol. The maximum Gasteiger partial charge on any atom is 0.277 e. The van der Waals surface area contributed by atoms with Crippen LogP contribution in [0.3, 0.4) is 0 Å². The van der Waals surface area contributed by atoms with Crippen LogP contribution in [0, 0.1) is 0 Å². The van der Waals surface area contributed by atoms with Gasteiger partial charge in [0, 0.05) is 11.6 Å². The van der Waals surface area contributed by atoms with Gasteiger partial charge in [-0.2, -0.15) is 0 Å². The number of hydrogen-bond donors (Lipinski definition) is 2. The summed E-state index contributed by atoms with van der Waals surface area (Å²) in [5.74, 6) is 5.28. The van der Waals surface area contributed by atoms with Crippen LogP contribution in [0.15, 0.2) is 40.9 Å². The number of hydrogen-bond acceptors (Lipinski definition) is 4. The van der Waals surface area contributed by atoms with Crippen LogP contribution in [0.5, 0.6) is 5.75 Å². The second kappa shape index (κ2) is 6.69. The SMILES string of the molecule is COCC(Oc1ccc2cc(Br)ccc2c1)C(=O)NN. The van der Waals surface area contributed by atoms with E-state index in [1.807, 2.05) is 30.3 Å². The van der Waals surface area contributed by atoms with Crippen molar-refractivity contribution in [2.75, 3.05) is 13.7 Å². The largest absolute Gasteiger partial charge is 0.478 e. The third-order valence-electron chi connectivity index (χ3n) is 2.80. The van der Waals surface area contributed by atoms with E-state index in [4.69, 9.17) is 15.3 Å². The van der Waals surface area contributed by atoms with Gasteiger partial charge in [-0.25, -0.2) is 5.84 Å². The number of methoxy groups -OCH3 is 1. The summed E-state index contributed by atoms with van der Waals surface area (Å²) in [6, 6.07) is 11.5. The number of carbonyl (C=O) groups is 1. The first-order valence-electron chi connectivity index (χ1n) is 5.99. The Hall–Kier alpha value is -1.63. The zero-order valence-corrected chi connectivity index (χ0v) is 12.5. The molecule has 6 heteroatoms. The summed E-state index contributed by atoms with van der Waals surface area (Å²) in [4.78, 5) is 11.6. The third kappa shape index (κ3) is 3.47. The lowest BCUT2D eigenvalue weighted by Crippen LogP contribution is -2.44. The molecule has 1 atom stereocenters. The maximum atomic E-state index is 11.6. The molecule has 0 aliphatic carbocycles. The van der Waals surface area contributed by atoms with Crippen LogP contribution in [0.4, 0.5) is 0 Å². The van der Waals surface area contributed by atoms with E-state index in [9.17, 15) is 4.79 Å². The molecule has 0 bridgehead atoms. The molecule has 2 rings (SSSR count). The van der Waals surface area contributed by atoms with Gasteiger partial charge < -0.3 is 9.47 Å². The van der Waals surface area contributed by atoms with Crippen molar-refractivity contribution in [2.24, 2.45) is 5.84 Å². The van der Waals surface area contributed by atoms with Crippen LogP contribution in [0.25, 0.3) is 10.8 Å². The molecule has 2 aromatic rings. The number of nitrogens with one attached hydrogen (secondary N) is 1. The second-order valence-corrected chi connectivity index (χ2v) is 5.14. The van der Waals surface area contributed by atoms with Crippen molar-refractivity contribution in [1.82, 2.24) is 5.43 Å². The Balaban J connectivity index is 2.23. The molecule has 20 heavy (non-hydrogen) atoms. The predicted molar refractivity (Wildman–Crippen MR) is 80.3 cm³/mol. The van der Waals surface area contributed by atoms with Gasteiger partial charge in [-0.1, -0.05) is 28.1 Å². The number of halogens is 1. The van der Waals surface area contributed by atoms with E-state index in [0.717, 1.165) is 15.2 Å². The Bertz CT molecular complexity index is 618. The summed E-state index contributed by atoms with van der Waals surface area (Å²) in [5, 5.41) is 2.10. The van der Waals surface area contributed by atoms with Crippen LogP contribution in [-0.4, -0.2) is 25.7 Å². The number of benzene rings is 2. The first-order valence-corrected chi connectivity index (χ1v) is 6.78. The lowest BCUT2D eigenvalue weighted by atomic mass is 10.1. The third-order valence-corrected chi connectivity index (χ3v) is 3.30. The summed E-state index contributed by atoms with van der Waals surface area (Å²) in [6.45, 7) is 0.126. The van der Waals surface area contributed by atoms with Gasteiger partial charge in [0.2, 0.25) is 6.10 Å². The topological polar surface area (TPSA) is 73.6 Å². The maximum absolute atomic E-state index is 11.6. The average molecular weight is 339 g/mol. The van der Waals surface area contributed by atoms with Crippen LogP contribution in [0.2, 0.25) is 0 Å². The van der Waals surface area contributed by atoms with Gasteiger partial charge >= 0.3 is 0 Å². The molecule has 0 heterocycles. The van der Waals surface area contributed by atoms with E-state index < -0.39 is 12.0 Å². The highest BCUT2D eigenvalue weighted by Gasteiger charge is 2.19. The normalized spacial score (nSPS) is 12.2. The molecule has 0 aliphatic heterocycles. The summed E-state index contributed by atoms with van der Waals surface area (Å²) in [7, 11) is 1.50. The molecule has 0 radical (unpaired) electrons. The van der Waals surface area contributed by atoms with Gasteiger partial charge in [-0.3, -0.25) is 10.2 Å². The van der Waals surface area contributed by atoms with Crippen LogP contribution >= 0.6 is 15.9 Å². The Morgan fingerprint density at radius 1 is 1.30 bits per heavy atom. The molecule has 5 nitrogen and oxygen atoms in total. The van der Waals surface area contributed by atoms with Gasteiger partial charge in [0.05, 0.1) is 6.61 Å². The van der Waals surface area contributed by atoms with Crippen LogP contribution < -0.4 is 16.0 Å².